The maximum atomic E-state index is 12.6. The first-order valence-corrected chi connectivity index (χ1v) is 7.76. The van der Waals surface area contributed by atoms with E-state index in [9.17, 15) is 4.79 Å². The van der Waals surface area contributed by atoms with Crippen LogP contribution in [0.3, 0.4) is 0 Å². The van der Waals surface area contributed by atoms with Gasteiger partial charge >= 0.3 is 0 Å². The molecule has 20 heavy (non-hydrogen) atoms. The summed E-state index contributed by atoms with van der Waals surface area (Å²) in [5.41, 5.74) is 5.62. The van der Waals surface area contributed by atoms with Gasteiger partial charge < -0.3 is 11.1 Å². The molecule has 0 atom stereocenters. The van der Waals surface area contributed by atoms with Crippen molar-refractivity contribution >= 4 is 5.91 Å². The fraction of sp³-hybridized carbons (Fsp3) is 0.941. The summed E-state index contributed by atoms with van der Waals surface area (Å²) in [4.78, 5) is 12.6. The average molecular weight is 282 g/mol. The fourth-order valence-electron chi connectivity index (χ4n) is 3.61. The van der Waals surface area contributed by atoms with Gasteiger partial charge in [-0.05, 0) is 57.8 Å². The summed E-state index contributed by atoms with van der Waals surface area (Å²) in [5.74, 6) is 0.0727. The van der Waals surface area contributed by atoms with Crippen molar-refractivity contribution in [2.45, 2.75) is 86.2 Å². The first-order valence-electron chi connectivity index (χ1n) is 7.76. The van der Waals surface area contributed by atoms with Crippen molar-refractivity contribution in [1.82, 2.24) is 5.32 Å². The summed E-state index contributed by atoms with van der Waals surface area (Å²) in [7, 11) is 0. The van der Waals surface area contributed by atoms with E-state index in [0.717, 1.165) is 12.8 Å². The second-order valence-corrected chi connectivity index (χ2v) is 9.43. The minimum absolute atomic E-state index is 0.0727. The normalized spacial score (nSPS) is 23.4. The molecular weight excluding hydrogens is 248 g/mol. The highest BCUT2D eigenvalue weighted by Gasteiger charge is 2.44. The van der Waals surface area contributed by atoms with Gasteiger partial charge in [0.05, 0.1) is 5.41 Å². The maximum absolute atomic E-state index is 12.6. The Kier molecular flexibility index (Phi) is 4.38. The van der Waals surface area contributed by atoms with Crippen LogP contribution in [0.1, 0.15) is 74.7 Å². The van der Waals surface area contributed by atoms with Crippen molar-refractivity contribution in [3.63, 3.8) is 0 Å². The second-order valence-electron chi connectivity index (χ2n) is 9.43. The minimum Gasteiger partial charge on any atom is -0.353 e. The van der Waals surface area contributed by atoms with Gasteiger partial charge in [-0.3, -0.25) is 4.79 Å². The molecule has 3 nitrogen and oxygen atoms in total. The van der Waals surface area contributed by atoms with E-state index in [4.69, 9.17) is 5.73 Å². The number of hydrogen-bond acceptors (Lipinski definition) is 2. The van der Waals surface area contributed by atoms with Crippen LogP contribution in [0, 0.1) is 16.2 Å². The Bertz CT molecular complexity index is 359. The van der Waals surface area contributed by atoms with Gasteiger partial charge in [0.15, 0.2) is 0 Å². The summed E-state index contributed by atoms with van der Waals surface area (Å²) >= 11 is 0. The Morgan fingerprint density at radius 2 is 1.45 bits per heavy atom. The van der Waals surface area contributed by atoms with Gasteiger partial charge in [0.2, 0.25) is 5.91 Å². The molecular formula is C17H34N2O. The molecule has 1 fully saturated rings. The highest BCUT2D eigenvalue weighted by atomic mass is 16.2. The molecule has 3 N–H and O–H groups in total. The molecule has 118 valence electrons. The highest BCUT2D eigenvalue weighted by Crippen LogP contribution is 2.46. The Balaban J connectivity index is 2.81. The fourth-order valence-corrected chi connectivity index (χ4v) is 3.61. The van der Waals surface area contributed by atoms with Crippen LogP contribution in [0.2, 0.25) is 0 Å². The molecule has 0 heterocycles. The lowest BCUT2D eigenvalue weighted by molar-refractivity contribution is -0.133. The van der Waals surface area contributed by atoms with Gasteiger partial charge in [-0.25, -0.2) is 0 Å². The third-order valence-electron chi connectivity index (χ3n) is 5.07. The molecule has 0 radical (unpaired) electrons. The highest BCUT2D eigenvalue weighted by molar-refractivity contribution is 5.83. The van der Waals surface area contributed by atoms with Crippen molar-refractivity contribution in [2.75, 3.05) is 0 Å². The van der Waals surface area contributed by atoms with E-state index >= 15 is 0 Å². The van der Waals surface area contributed by atoms with E-state index < -0.39 is 11.0 Å². The Morgan fingerprint density at radius 1 is 1.05 bits per heavy atom. The van der Waals surface area contributed by atoms with Gasteiger partial charge in [0, 0.05) is 11.6 Å². The van der Waals surface area contributed by atoms with Crippen LogP contribution < -0.4 is 11.1 Å². The Labute approximate surface area is 125 Å². The number of carbonyl (C=O) groups is 1. The first-order chi connectivity index (χ1) is 8.66. The van der Waals surface area contributed by atoms with Crippen molar-refractivity contribution in [3.8, 4) is 0 Å². The molecule has 0 aromatic carbocycles. The molecule has 0 bridgehead atoms. The number of hydrogen-bond donors (Lipinski definition) is 2. The lowest BCUT2D eigenvalue weighted by Gasteiger charge is -2.46. The van der Waals surface area contributed by atoms with Crippen molar-refractivity contribution < 1.29 is 4.79 Å². The SMILES string of the molecule is CC1(C)CC(NC(=O)C(C)(C)C(C)(C)N)CC(C)(C)C1. The van der Waals surface area contributed by atoms with Gasteiger partial charge in [-0.1, -0.05) is 27.7 Å². The predicted octanol–water partition coefficient (Wildman–Crippen LogP) is 3.47. The monoisotopic (exact) mass is 282 g/mol. The van der Waals surface area contributed by atoms with Crippen LogP contribution in [0.5, 0.6) is 0 Å². The van der Waals surface area contributed by atoms with Crippen molar-refractivity contribution in [2.24, 2.45) is 22.0 Å². The summed E-state index contributed by atoms with van der Waals surface area (Å²) in [6.45, 7) is 16.9. The third-order valence-corrected chi connectivity index (χ3v) is 5.07. The molecule has 1 amide bonds. The number of nitrogens with two attached hydrogens (primary N) is 1. The van der Waals surface area contributed by atoms with E-state index in [1.54, 1.807) is 0 Å². The van der Waals surface area contributed by atoms with E-state index in [-0.39, 0.29) is 22.8 Å². The topological polar surface area (TPSA) is 55.1 Å². The molecule has 0 unspecified atom stereocenters. The zero-order valence-electron chi connectivity index (χ0n) is 14.7. The van der Waals surface area contributed by atoms with Crippen LogP contribution in [0.15, 0.2) is 0 Å². The summed E-state index contributed by atoms with van der Waals surface area (Å²) in [6.07, 6.45) is 3.30. The molecule has 0 aliphatic heterocycles. The summed E-state index contributed by atoms with van der Waals surface area (Å²) in [5, 5.41) is 3.26. The number of rotatable bonds is 3. The van der Waals surface area contributed by atoms with Crippen molar-refractivity contribution in [3.05, 3.63) is 0 Å². The molecule has 0 aromatic rings. The van der Waals surface area contributed by atoms with E-state index in [2.05, 4.69) is 33.0 Å². The molecule has 1 aliphatic carbocycles. The van der Waals surface area contributed by atoms with Gasteiger partial charge in [-0.2, -0.15) is 0 Å². The predicted molar refractivity (Wildman–Crippen MR) is 85.4 cm³/mol. The quantitative estimate of drug-likeness (QED) is 0.832. The van der Waals surface area contributed by atoms with Gasteiger partial charge in [0.25, 0.3) is 0 Å². The molecule has 1 saturated carbocycles. The number of carbonyl (C=O) groups excluding carboxylic acids is 1. The van der Waals surface area contributed by atoms with Crippen LogP contribution in [-0.4, -0.2) is 17.5 Å². The van der Waals surface area contributed by atoms with Crippen LogP contribution >= 0.6 is 0 Å². The number of amides is 1. The maximum Gasteiger partial charge on any atom is 0.227 e. The molecule has 1 rings (SSSR count). The molecule has 1 aliphatic rings. The Morgan fingerprint density at radius 3 is 1.80 bits per heavy atom. The lowest BCUT2D eigenvalue weighted by atomic mass is 9.63. The molecule has 0 aromatic heterocycles. The standard InChI is InChI=1S/C17H34N2O/c1-14(2)9-12(10-15(3,4)11-14)19-13(20)16(5,6)17(7,8)18/h12H,9-11,18H2,1-8H3,(H,19,20). The van der Waals surface area contributed by atoms with E-state index in [1.165, 1.54) is 6.42 Å². The third kappa shape index (κ3) is 3.97. The van der Waals surface area contributed by atoms with Crippen LogP contribution in [0.25, 0.3) is 0 Å². The molecule has 3 heteroatoms. The van der Waals surface area contributed by atoms with Gasteiger partial charge in [-0.15, -0.1) is 0 Å². The van der Waals surface area contributed by atoms with E-state index in [0.29, 0.717) is 0 Å². The lowest BCUT2D eigenvalue weighted by Crippen LogP contribution is -2.58. The molecule has 0 spiro atoms. The minimum atomic E-state index is -0.571. The zero-order chi connectivity index (χ0) is 16.0. The van der Waals surface area contributed by atoms with Crippen LogP contribution in [0.4, 0.5) is 0 Å². The molecule has 0 saturated heterocycles. The smallest absolute Gasteiger partial charge is 0.227 e. The van der Waals surface area contributed by atoms with Gasteiger partial charge in [0.1, 0.15) is 0 Å². The number of nitrogens with one attached hydrogen (secondary N) is 1. The van der Waals surface area contributed by atoms with Crippen molar-refractivity contribution in [1.29, 1.82) is 0 Å². The average Bonchev–Trinajstić information content (AvgIpc) is 2.09. The summed E-state index contributed by atoms with van der Waals surface area (Å²) in [6, 6.07) is 0.253. The van der Waals surface area contributed by atoms with E-state index in [1.807, 2.05) is 27.7 Å². The Hall–Kier alpha value is -0.570. The largest absolute Gasteiger partial charge is 0.353 e. The zero-order valence-corrected chi connectivity index (χ0v) is 14.7. The second kappa shape index (κ2) is 5.01. The summed E-state index contributed by atoms with van der Waals surface area (Å²) < 4.78 is 0. The van der Waals surface area contributed by atoms with Crippen LogP contribution in [-0.2, 0) is 4.79 Å². The first kappa shape index (κ1) is 17.5.